The first kappa shape index (κ1) is 11.4. The molecule has 0 aliphatic rings. The van der Waals surface area contributed by atoms with Crippen LogP contribution in [0.1, 0.15) is 31.8 Å². The molecular formula is C10H16BrN3. The molecular weight excluding hydrogens is 242 g/mol. The lowest BCUT2D eigenvalue weighted by atomic mass is 10.1. The van der Waals surface area contributed by atoms with E-state index in [4.69, 9.17) is 5.73 Å². The van der Waals surface area contributed by atoms with Gasteiger partial charge in [0.05, 0.1) is 10.2 Å². The van der Waals surface area contributed by atoms with Crippen molar-refractivity contribution in [1.29, 1.82) is 0 Å². The van der Waals surface area contributed by atoms with Crippen molar-refractivity contribution < 1.29 is 0 Å². The number of anilines is 1. The largest absolute Gasteiger partial charge is 0.383 e. The fraction of sp³-hybridized carbons (Fsp3) is 0.600. The zero-order valence-electron chi connectivity index (χ0n) is 8.84. The molecule has 0 aliphatic carbocycles. The van der Waals surface area contributed by atoms with Gasteiger partial charge in [-0.05, 0) is 35.2 Å². The second-order valence-corrected chi connectivity index (χ2v) is 4.65. The summed E-state index contributed by atoms with van der Waals surface area (Å²) in [7, 11) is 0. The summed E-state index contributed by atoms with van der Waals surface area (Å²) in [6.45, 7) is 6.31. The minimum Gasteiger partial charge on any atom is -0.383 e. The van der Waals surface area contributed by atoms with Gasteiger partial charge < -0.3 is 5.73 Å². The van der Waals surface area contributed by atoms with Gasteiger partial charge in [-0.2, -0.15) is 0 Å². The highest BCUT2D eigenvalue weighted by Crippen LogP contribution is 2.20. The van der Waals surface area contributed by atoms with Gasteiger partial charge in [0.15, 0.2) is 0 Å². The summed E-state index contributed by atoms with van der Waals surface area (Å²) in [5.41, 5.74) is 6.64. The van der Waals surface area contributed by atoms with Crippen molar-refractivity contribution in [3.63, 3.8) is 0 Å². The molecule has 4 heteroatoms. The fourth-order valence-corrected chi connectivity index (χ4v) is 1.35. The Bertz CT molecular complexity index is 300. The average molecular weight is 258 g/mol. The molecule has 1 aromatic rings. The number of halogens is 1. The van der Waals surface area contributed by atoms with Crippen LogP contribution in [-0.2, 0) is 6.42 Å². The van der Waals surface area contributed by atoms with Crippen molar-refractivity contribution in [2.45, 2.75) is 33.6 Å². The molecule has 2 N–H and O–H groups in total. The topological polar surface area (TPSA) is 51.8 Å². The molecule has 0 bridgehead atoms. The Labute approximate surface area is 93.3 Å². The number of nitrogens with two attached hydrogens (primary N) is 1. The first-order chi connectivity index (χ1) is 6.50. The van der Waals surface area contributed by atoms with E-state index in [1.165, 1.54) is 0 Å². The molecule has 1 heterocycles. The lowest BCUT2D eigenvalue weighted by Gasteiger charge is -2.07. The standard InChI is InChI=1S/C10H16BrN3/c1-6(2)4-5-8-13-7(3)9(11)10(12)14-8/h6H,4-5H2,1-3H3,(H2,12,13,14). The van der Waals surface area contributed by atoms with Gasteiger partial charge in [-0.1, -0.05) is 13.8 Å². The maximum atomic E-state index is 5.73. The van der Waals surface area contributed by atoms with Gasteiger partial charge in [0.1, 0.15) is 11.6 Å². The highest BCUT2D eigenvalue weighted by Gasteiger charge is 2.06. The smallest absolute Gasteiger partial charge is 0.141 e. The van der Waals surface area contributed by atoms with Gasteiger partial charge in [0.2, 0.25) is 0 Å². The molecule has 14 heavy (non-hydrogen) atoms. The molecule has 0 fully saturated rings. The van der Waals surface area contributed by atoms with Crippen molar-refractivity contribution >= 4 is 21.7 Å². The summed E-state index contributed by atoms with van der Waals surface area (Å²) in [5, 5.41) is 0. The highest BCUT2D eigenvalue weighted by atomic mass is 79.9. The molecule has 0 saturated carbocycles. The van der Waals surface area contributed by atoms with Crippen LogP contribution in [0.2, 0.25) is 0 Å². The third-order valence-corrected chi connectivity index (χ3v) is 3.01. The Morgan fingerprint density at radius 2 is 2.00 bits per heavy atom. The zero-order chi connectivity index (χ0) is 10.7. The molecule has 0 unspecified atom stereocenters. The molecule has 0 aromatic carbocycles. The summed E-state index contributed by atoms with van der Waals surface area (Å²) in [6, 6.07) is 0. The molecule has 3 nitrogen and oxygen atoms in total. The van der Waals surface area contributed by atoms with E-state index in [1.807, 2.05) is 6.92 Å². The number of aryl methyl sites for hydroxylation is 2. The maximum absolute atomic E-state index is 5.73. The Kier molecular flexibility index (Phi) is 3.86. The third-order valence-electron chi connectivity index (χ3n) is 2.03. The Morgan fingerprint density at radius 3 is 2.50 bits per heavy atom. The highest BCUT2D eigenvalue weighted by molar-refractivity contribution is 9.10. The third kappa shape index (κ3) is 2.94. The molecule has 78 valence electrons. The summed E-state index contributed by atoms with van der Waals surface area (Å²) in [4.78, 5) is 8.59. The van der Waals surface area contributed by atoms with E-state index in [1.54, 1.807) is 0 Å². The van der Waals surface area contributed by atoms with E-state index < -0.39 is 0 Å². The molecule has 0 radical (unpaired) electrons. The molecule has 0 spiro atoms. The van der Waals surface area contributed by atoms with E-state index in [0.29, 0.717) is 11.7 Å². The minimum atomic E-state index is 0.538. The Balaban J connectivity index is 2.79. The van der Waals surface area contributed by atoms with Gasteiger partial charge in [-0.25, -0.2) is 9.97 Å². The van der Waals surface area contributed by atoms with E-state index in [9.17, 15) is 0 Å². The van der Waals surface area contributed by atoms with Gasteiger partial charge >= 0.3 is 0 Å². The number of nitrogens with zero attached hydrogens (tertiary/aromatic N) is 2. The van der Waals surface area contributed by atoms with Crippen LogP contribution in [-0.4, -0.2) is 9.97 Å². The average Bonchev–Trinajstić information content (AvgIpc) is 2.10. The van der Waals surface area contributed by atoms with Crippen LogP contribution < -0.4 is 5.73 Å². The second-order valence-electron chi connectivity index (χ2n) is 3.86. The SMILES string of the molecule is Cc1nc(CCC(C)C)nc(N)c1Br. The van der Waals surface area contributed by atoms with Crippen molar-refractivity contribution in [2.75, 3.05) is 5.73 Å². The van der Waals surface area contributed by atoms with Crippen LogP contribution in [0, 0.1) is 12.8 Å². The van der Waals surface area contributed by atoms with Crippen LogP contribution in [0.3, 0.4) is 0 Å². The summed E-state index contributed by atoms with van der Waals surface area (Å²) < 4.78 is 0.811. The predicted octanol–water partition coefficient (Wildman–Crippen LogP) is 2.72. The van der Waals surface area contributed by atoms with Gasteiger partial charge in [-0.15, -0.1) is 0 Å². The summed E-state index contributed by atoms with van der Waals surface area (Å²) in [5.74, 6) is 2.05. The van der Waals surface area contributed by atoms with E-state index in [0.717, 1.165) is 28.8 Å². The zero-order valence-corrected chi connectivity index (χ0v) is 10.4. The van der Waals surface area contributed by atoms with Crippen LogP contribution >= 0.6 is 15.9 Å². The first-order valence-electron chi connectivity index (χ1n) is 4.79. The number of nitrogen functional groups attached to an aromatic ring is 1. The normalized spacial score (nSPS) is 10.9. The van der Waals surface area contributed by atoms with E-state index >= 15 is 0 Å². The summed E-state index contributed by atoms with van der Waals surface area (Å²) >= 11 is 3.34. The molecule has 0 aliphatic heterocycles. The molecule has 1 aromatic heterocycles. The molecule has 0 saturated heterocycles. The van der Waals surface area contributed by atoms with Crippen LogP contribution in [0.25, 0.3) is 0 Å². The quantitative estimate of drug-likeness (QED) is 0.906. The van der Waals surface area contributed by atoms with Gasteiger partial charge in [0.25, 0.3) is 0 Å². The monoisotopic (exact) mass is 257 g/mol. The van der Waals surface area contributed by atoms with E-state index in [-0.39, 0.29) is 0 Å². The van der Waals surface area contributed by atoms with Crippen molar-refractivity contribution in [2.24, 2.45) is 5.92 Å². The minimum absolute atomic E-state index is 0.538. The van der Waals surface area contributed by atoms with Crippen LogP contribution in [0.15, 0.2) is 4.47 Å². The summed E-state index contributed by atoms with van der Waals surface area (Å²) in [6.07, 6.45) is 2.00. The first-order valence-corrected chi connectivity index (χ1v) is 5.58. The number of aromatic nitrogens is 2. The van der Waals surface area contributed by atoms with Crippen LogP contribution in [0.4, 0.5) is 5.82 Å². The second kappa shape index (κ2) is 4.73. The fourth-order valence-electron chi connectivity index (χ4n) is 1.17. The Morgan fingerprint density at radius 1 is 1.36 bits per heavy atom. The maximum Gasteiger partial charge on any atom is 0.141 e. The van der Waals surface area contributed by atoms with Gasteiger partial charge in [-0.3, -0.25) is 0 Å². The molecule has 0 amide bonds. The molecule has 1 rings (SSSR count). The van der Waals surface area contributed by atoms with Crippen molar-refractivity contribution in [1.82, 2.24) is 9.97 Å². The van der Waals surface area contributed by atoms with E-state index in [2.05, 4.69) is 39.7 Å². The number of hydrogen-bond donors (Lipinski definition) is 1. The lowest BCUT2D eigenvalue weighted by molar-refractivity contribution is 0.574. The molecule has 0 atom stereocenters. The van der Waals surface area contributed by atoms with Crippen LogP contribution in [0.5, 0.6) is 0 Å². The lowest BCUT2D eigenvalue weighted by Crippen LogP contribution is -2.04. The Hall–Kier alpha value is -0.640. The van der Waals surface area contributed by atoms with Crippen molar-refractivity contribution in [3.8, 4) is 0 Å². The number of hydrogen-bond acceptors (Lipinski definition) is 3. The van der Waals surface area contributed by atoms with Gasteiger partial charge in [0, 0.05) is 6.42 Å². The number of rotatable bonds is 3. The van der Waals surface area contributed by atoms with Crippen molar-refractivity contribution in [3.05, 3.63) is 16.0 Å². The predicted molar refractivity (Wildman–Crippen MR) is 62.0 cm³/mol.